The highest BCUT2D eigenvalue weighted by Crippen LogP contribution is 2.61. The first-order valence-corrected chi connectivity index (χ1v) is 9.71. The molecule has 4 rings (SSSR count). The Bertz CT molecular complexity index is 601. The fraction of sp³-hybridized carbons (Fsp3) is 0.727. The molecule has 4 aliphatic carbocycles. The first-order chi connectivity index (χ1) is 11.1. The van der Waals surface area contributed by atoms with E-state index in [4.69, 9.17) is 0 Å². The van der Waals surface area contributed by atoms with Gasteiger partial charge in [0.1, 0.15) is 0 Å². The molecule has 0 radical (unpaired) electrons. The predicted molar refractivity (Wildman–Crippen MR) is 94.6 cm³/mol. The molecule has 0 aromatic heterocycles. The van der Waals surface area contributed by atoms with Crippen LogP contribution < -0.4 is 0 Å². The van der Waals surface area contributed by atoms with E-state index in [9.17, 15) is 5.11 Å². The van der Waals surface area contributed by atoms with Crippen molar-refractivity contribution in [2.24, 2.45) is 29.1 Å². The Kier molecular flexibility index (Phi) is 3.93. The molecule has 6 atom stereocenters. The Morgan fingerprint density at radius 2 is 2.09 bits per heavy atom. The van der Waals surface area contributed by atoms with Crippen molar-refractivity contribution >= 4 is 0 Å². The van der Waals surface area contributed by atoms with Gasteiger partial charge in [0.15, 0.2) is 0 Å². The van der Waals surface area contributed by atoms with Crippen LogP contribution in [0.15, 0.2) is 23.3 Å². The monoisotopic (exact) mass is 310 g/mol. The first kappa shape index (κ1) is 15.5. The largest absolute Gasteiger partial charge is 0.389 e. The van der Waals surface area contributed by atoms with Crippen molar-refractivity contribution < 1.29 is 5.11 Å². The van der Waals surface area contributed by atoms with Gasteiger partial charge in [0.05, 0.1) is 6.10 Å². The number of hydrogen-bond acceptors (Lipinski definition) is 1. The van der Waals surface area contributed by atoms with Gasteiger partial charge in [-0.15, -0.1) is 0 Å². The molecule has 2 fully saturated rings. The van der Waals surface area contributed by atoms with Crippen LogP contribution in [0.4, 0.5) is 0 Å². The zero-order chi connectivity index (χ0) is 16.0. The predicted octanol–water partition coefficient (Wildman–Crippen LogP) is 4.87. The lowest BCUT2D eigenvalue weighted by Gasteiger charge is -2.53. The van der Waals surface area contributed by atoms with E-state index in [1.807, 2.05) is 0 Å². The van der Waals surface area contributed by atoms with Gasteiger partial charge in [-0.05, 0) is 68.6 Å². The lowest BCUT2D eigenvalue weighted by Crippen LogP contribution is -2.45. The van der Waals surface area contributed by atoms with Gasteiger partial charge in [0, 0.05) is 17.4 Å². The van der Waals surface area contributed by atoms with E-state index in [0.717, 1.165) is 36.5 Å². The topological polar surface area (TPSA) is 20.2 Å². The molecule has 1 heteroatoms. The van der Waals surface area contributed by atoms with Crippen LogP contribution in [0, 0.1) is 40.9 Å². The van der Waals surface area contributed by atoms with Gasteiger partial charge < -0.3 is 5.11 Å². The molecule has 124 valence electrons. The summed E-state index contributed by atoms with van der Waals surface area (Å²) in [5.74, 6) is 10.1. The van der Waals surface area contributed by atoms with E-state index in [0.29, 0.717) is 5.41 Å². The summed E-state index contributed by atoms with van der Waals surface area (Å²) in [5, 5.41) is 9.95. The highest BCUT2D eigenvalue weighted by Gasteiger charge is 2.53. The molecule has 2 saturated carbocycles. The van der Waals surface area contributed by atoms with E-state index >= 15 is 0 Å². The maximum Gasteiger partial charge on any atom is 0.0723 e. The molecule has 3 unspecified atom stereocenters. The molecule has 4 aliphatic rings. The standard InChI is InChI=1S/C22H30O/c1-3-4-5-16-7-11-21-20-9-6-15-14-17(23)8-10-18(15)19(20)12-13-22(16,21)2/h7,14,17-21,23H,3,6,8-13H2,1-2H3/t17-,18-,19?,20?,21?,22+/m0/s1. The van der Waals surface area contributed by atoms with Gasteiger partial charge in [-0.3, -0.25) is 0 Å². The number of fused-ring (bicyclic) bond motifs is 5. The minimum Gasteiger partial charge on any atom is -0.389 e. The van der Waals surface area contributed by atoms with E-state index < -0.39 is 0 Å². The Hall–Kier alpha value is -1.00. The maximum atomic E-state index is 9.95. The summed E-state index contributed by atoms with van der Waals surface area (Å²) in [4.78, 5) is 0. The first-order valence-electron chi connectivity index (χ1n) is 9.71. The number of hydrogen-bond donors (Lipinski definition) is 1. The SMILES string of the molecule is CCC#CC1=CCC2C3CCC4=C[C@@H](O)CC[C@@H]4C3CC[C@]12C. The molecule has 0 amide bonds. The third-order valence-electron chi connectivity index (χ3n) is 7.41. The number of allylic oxidation sites excluding steroid dienone is 3. The highest BCUT2D eigenvalue weighted by molar-refractivity contribution is 5.40. The summed E-state index contributed by atoms with van der Waals surface area (Å²) >= 11 is 0. The summed E-state index contributed by atoms with van der Waals surface area (Å²) < 4.78 is 0. The number of aliphatic hydroxyl groups is 1. The molecule has 23 heavy (non-hydrogen) atoms. The zero-order valence-electron chi connectivity index (χ0n) is 14.6. The van der Waals surface area contributed by atoms with Crippen molar-refractivity contribution in [3.8, 4) is 11.8 Å². The molecular formula is C22H30O. The lowest BCUT2D eigenvalue weighted by atomic mass is 9.51. The van der Waals surface area contributed by atoms with E-state index in [2.05, 4.69) is 37.8 Å². The van der Waals surface area contributed by atoms with Crippen LogP contribution in [0.2, 0.25) is 0 Å². The second-order valence-corrected chi connectivity index (χ2v) is 8.43. The Labute approximate surface area is 141 Å². The Morgan fingerprint density at radius 1 is 1.22 bits per heavy atom. The van der Waals surface area contributed by atoms with Crippen LogP contribution in [0.5, 0.6) is 0 Å². The molecule has 1 N–H and O–H groups in total. The van der Waals surface area contributed by atoms with Crippen LogP contribution in [0.25, 0.3) is 0 Å². The minimum absolute atomic E-state index is 0.171. The second-order valence-electron chi connectivity index (χ2n) is 8.43. The smallest absolute Gasteiger partial charge is 0.0723 e. The fourth-order valence-corrected chi connectivity index (χ4v) is 6.26. The van der Waals surface area contributed by atoms with E-state index in [1.54, 1.807) is 5.57 Å². The molecule has 0 aromatic rings. The average molecular weight is 310 g/mol. The van der Waals surface area contributed by atoms with Crippen molar-refractivity contribution in [1.82, 2.24) is 0 Å². The molecule has 0 saturated heterocycles. The van der Waals surface area contributed by atoms with Crippen molar-refractivity contribution in [2.75, 3.05) is 0 Å². The van der Waals surface area contributed by atoms with E-state index in [-0.39, 0.29) is 6.10 Å². The van der Waals surface area contributed by atoms with Gasteiger partial charge in [0.2, 0.25) is 0 Å². The van der Waals surface area contributed by atoms with Crippen molar-refractivity contribution in [3.05, 3.63) is 23.3 Å². The van der Waals surface area contributed by atoms with Crippen LogP contribution >= 0.6 is 0 Å². The van der Waals surface area contributed by atoms with Crippen LogP contribution in [-0.4, -0.2) is 11.2 Å². The van der Waals surface area contributed by atoms with Gasteiger partial charge in [0.25, 0.3) is 0 Å². The molecule has 0 bridgehead atoms. The summed E-state index contributed by atoms with van der Waals surface area (Å²) in [5.41, 5.74) is 3.38. The Balaban J connectivity index is 1.58. The molecule has 1 nitrogen and oxygen atoms in total. The van der Waals surface area contributed by atoms with Gasteiger partial charge in [-0.2, -0.15) is 0 Å². The number of rotatable bonds is 0. The summed E-state index contributed by atoms with van der Waals surface area (Å²) in [6.07, 6.45) is 14.1. The second kappa shape index (κ2) is 5.82. The third-order valence-corrected chi connectivity index (χ3v) is 7.41. The fourth-order valence-electron chi connectivity index (χ4n) is 6.26. The Morgan fingerprint density at radius 3 is 2.91 bits per heavy atom. The normalized spacial score (nSPS) is 44.9. The maximum absolute atomic E-state index is 9.95. The van der Waals surface area contributed by atoms with E-state index in [1.165, 1.54) is 44.1 Å². The van der Waals surface area contributed by atoms with Gasteiger partial charge in [-0.25, -0.2) is 0 Å². The summed E-state index contributed by atoms with van der Waals surface area (Å²) in [6.45, 7) is 4.64. The third kappa shape index (κ3) is 2.42. The molecular weight excluding hydrogens is 280 g/mol. The lowest BCUT2D eigenvalue weighted by molar-refractivity contribution is 0.00628. The van der Waals surface area contributed by atoms with Crippen LogP contribution in [0.1, 0.15) is 65.2 Å². The average Bonchev–Trinajstić information content (AvgIpc) is 2.89. The molecule has 0 spiro atoms. The summed E-state index contributed by atoms with van der Waals surface area (Å²) in [7, 11) is 0. The molecule has 0 aromatic carbocycles. The van der Waals surface area contributed by atoms with Crippen molar-refractivity contribution in [3.63, 3.8) is 0 Å². The van der Waals surface area contributed by atoms with Gasteiger partial charge >= 0.3 is 0 Å². The molecule has 0 aliphatic heterocycles. The summed E-state index contributed by atoms with van der Waals surface area (Å²) in [6, 6.07) is 0. The minimum atomic E-state index is -0.171. The van der Waals surface area contributed by atoms with Gasteiger partial charge in [-0.1, -0.05) is 43.4 Å². The zero-order valence-corrected chi connectivity index (χ0v) is 14.6. The van der Waals surface area contributed by atoms with Crippen molar-refractivity contribution in [2.45, 2.75) is 71.3 Å². The van der Waals surface area contributed by atoms with Crippen molar-refractivity contribution in [1.29, 1.82) is 0 Å². The van der Waals surface area contributed by atoms with Crippen LogP contribution in [0.3, 0.4) is 0 Å². The number of aliphatic hydroxyl groups excluding tert-OH is 1. The van der Waals surface area contributed by atoms with Crippen LogP contribution in [-0.2, 0) is 0 Å². The highest BCUT2D eigenvalue weighted by atomic mass is 16.3. The molecule has 0 heterocycles. The quantitative estimate of drug-likeness (QED) is 0.500.